The predicted molar refractivity (Wildman–Crippen MR) is 136 cm³/mol. The van der Waals surface area contributed by atoms with Gasteiger partial charge in [0.1, 0.15) is 12.3 Å². The van der Waals surface area contributed by atoms with E-state index in [9.17, 15) is 28.8 Å². The Hall–Kier alpha value is -2.61. The zero-order valence-corrected chi connectivity index (χ0v) is 24.0. The van der Waals surface area contributed by atoms with E-state index in [4.69, 9.17) is 27.8 Å². The molecule has 5 unspecified atom stereocenters. The Morgan fingerprint density at radius 3 is 2.08 bits per heavy atom. The van der Waals surface area contributed by atoms with Crippen LogP contribution in [-0.4, -0.2) is 58.5 Å². The minimum atomic E-state index is -4.59. The lowest BCUT2D eigenvalue weighted by atomic mass is 9.97. The molecule has 0 spiro atoms. The first-order valence-electron chi connectivity index (χ1n) is 12.1. The van der Waals surface area contributed by atoms with E-state index >= 15 is 0 Å². The summed E-state index contributed by atoms with van der Waals surface area (Å²) in [4.78, 5) is 50.0. The molecule has 2 rings (SSSR count). The Morgan fingerprint density at radius 2 is 1.64 bits per heavy atom. The Labute approximate surface area is 225 Å². The number of aromatic nitrogens is 2. The molecular weight excluding hydrogens is 539 g/mol. The number of aliphatic hydroxyl groups is 1. The summed E-state index contributed by atoms with van der Waals surface area (Å²) >= 11 is 0. The lowest BCUT2D eigenvalue weighted by molar-refractivity contribution is -0.164. The van der Waals surface area contributed by atoms with Crippen molar-refractivity contribution in [2.75, 3.05) is 13.6 Å². The molecule has 1 aliphatic rings. The van der Waals surface area contributed by atoms with Crippen LogP contribution in [0.25, 0.3) is 0 Å². The first kappa shape index (κ1) is 32.6. The Morgan fingerprint density at radius 1 is 1.13 bits per heavy atom. The number of hydrogen-bond acceptors (Lipinski definition) is 12. The normalized spacial score (nSPS) is 22.8. The van der Waals surface area contributed by atoms with Gasteiger partial charge in [0.15, 0.2) is 0 Å². The highest BCUT2D eigenvalue weighted by Gasteiger charge is 2.48. The molecule has 1 aliphatic heterocycles. The molecule has 0 bridgehead atoms. The van der Waals surface area contributed by atoms with E-state index in [-0.39, 0.29) is 0 Å². The van der Waals surface area contributed by atoms with Gasteiger partial charge in [-0.25, -0.2) is 18.4 Å². The molecule has 2 N–H and O–H groups in total. The van der Waals surface area contributed by atoms with Crippen LogP contribution in [0.2, 0.25) is 0 Å². The molecule has 1 saturated heterocycles. The molecule has 14 nitrogen and oxygen atoms in total. The number of phosphoric ester groups is 1. The van der Waals surface area contributed by atoms with Crippen LogP contribution in [0.3, 0.4) is 0 Å². The second-order valence-electron chi connectivity index (χ2n) is 10.9. The summed E-state index contributed by atoms with van der Waals surface area (Å²) in [5, 5.41) is 10.9. The summed E-state index contributed by atoms with van der Waals surface area (Å²) in [5.41, 5.74) is -3.14. The smallest absolute Gasteiger partial charge is 0.437 e. The number of nitrogens with zero attached hydrogens (tertiary/aromatic N) is 1. The second-order valence-corrected chi connectivity index (χ2v) is 12.5. The molecule has 0 aromatic carbocycles. The average molecular weight is 577 g/mol. The van der Waals surface area contributed by atoms with Crippen LogP contribution in [0.4, 0.5) is 0 Å². The molecule has 1 fully saturated rings. The van der Waals surface area contributed by atoms with Gasteiger partial charge in [-0.2, -0.15) is 0 Å². The zero-order valence-electron chi connectivity index (χ0n) is 23.1. The van der Waals surface area contributed by atoms with Crippen LogP contribution in [0, 0.1) is 16.7 Å². The van der Waals surface area contributed by atoms with Crippen molar-refractivity contribution in [3.63, 3.8) is 0 Å². The lowest BCUT2D eigenvalue weighted by Gasteiger charge is -2.27. The van der Waals surface area contributed by atoms with Crippen molar-refractivity contribution in [2.45, 2.75) is 73.0 Å². The summed E-state index contributed by atoms with van der Waals surface area (Å²) < 4.78 is 46.1. The molecule has 220 valence electrons. The third-order valence-electron chi connectivity index (χ3n) is 5.54. The van der Waals surface area contributed by atoms with Gasteiger partial charge in [-0.15, -0.1) is 6.58 Å². The van der Waals surface area contributed by atoms with Crippen LogP contribution in [-0.2, 0) is 41.9 Å². The van der Waals surface area contributed by atoms with E-state index in [1.807, 2.05) is 0 Å². The number of hydrogen-bond donors (Lipinski definition) is 2. The van der Waals surface area contributed by atoms with Crippen molar-refractivity contribution < 1.29 is 47.0 Å². The minimum Gasteiger partial charge on any atom is -0.437 e. The van der Waals surface area contributed by atoms with Crippen LogP contribution < -0.4 is 11.2 Å². The van der Waals surface area contributed by atoms with Crippen molar-refractivity contribution in [3.05, 3.63) is 45.8 Å². The van der Waals surface area contributed by atoms with Crippen LogP contribution in [0.1, 0.15) is 54.7 Å². The highest BCUT2D eigenvalue weighted by atomic mass is 31.2. The van der Waals surface area contributed by atoms with E-state index < -0.39 is 85.9 Å². The number of phosphoric acid groups is 1. The molecule has 0 aliphatic carbocycles. The van der Waals surface area contributed by atoms with E-state index in [2.05, 4.69) is 11.6 Å². The van der Waals surface area contributed by atoms with E-state index in [0.29, 0.717) is 0 Å². The predicted octanol–water partition coefficient (Wildman–Crippen LogP) is 2.24. The van der Waals surface area contributed by atoms with Crippen molar-refractivity contribution in [3.8, 4) is 0 Å². The fraction of sp³-hybridized carbons (Fsp3) is 0.667. The highest BCUT2D eigenvalue weighted by Crippen LogP contribution is 2.52. The lowest BCUT2D eigenvalue weighted by Crippen LogP contribution is -2.36. The number of carbonyl (C=O) groups is 2. The maximum atomic E-state index is 13.4. The Balaban J connectivity index is 2.21. The van der Waals surface area contributed by atoms with Crippen molar-refractivity contribution in [1.82, 2.24) is 9.55 Å². The van der Waals surface area contributed by atoms with Gasteiger partial charge in [-0.3, -0.25) is 28.5 Å². The molecule has 2 heterocycles. The first-order chi connectivity index (χ1) is 17.9. The first-order valence-corrected chi connectivity index (χ1v) is 13.5. The topological polar surface area (TPSA) is 182 Å². The SMILES string of the molecule is C=CC1C(O)C(C(C)OP(=O)(OCOC(=O)C(C)(C)C)OCOC(=O)C(C)(C)C)OC1n1ccc(=O)[nH]c1=O. The average Bonchev–Trinajstić information content (AvgIpc) is 3.13. The molecule has 1 aromatic heterocycles. The fourth-order valence-corrected chi connectivity index (χ4v) is 4.41. The minimum absolute atomic E-state index is 0.618. The van der Waals surface area contributed by atoms with Gasteiger partial charge in [-0.1, -0.05) is 6.08 Å². The number of aliphatic hydroxyl groups excluding tert-OH is 1. The molecule has 0 saturated carbocycles. The van der Waals surface area contributed by atoms with Gasteiger partial charge in [0.05, 0.1) is 29.0 Å². The number of nitrogens with one attached hydrogen (secondary N) is 1. The van der Waals surface area contributed by atoms with E-state index in [1.54, 1.807) is 41.5 Å². The molecule has 15 heteroatoms. The van der Waals surface area contributed by atoms with Gasteiger partial charge < -0.3 is 19.3 Å². The van der Waals surface area contributed by atoms with Crippen molar-refractivity contribution in [1.29, 1.82) is 0 Å². The number of carbonyl (C=O) groups excluding carboxylic acids is 2. The van der Waals surface area contributed by atoms with E-state index in [1.165, 1.54) is 19.2 Å². The number of aromatic amines is 1. The third-order valence-corrected chi connectivity index (χ3v) is 6.97. The van der Waals surface area contributed by atoms with Gasteiger partial charge in [-0.05, 0) is 48.5 Å². The molecule has 5 atom stereocenters. The Kier molecular flexibility index (Phi) is 10.6. The van der Waals surface area contributed by atoms with Crippen molar-refractivity contribution >= 4 is 19.8 Å². The third kappa shape index (κ3) is 8.69. The monoisotopic (exact) mass is 576 g/mol. The molecule has 39 heavy (non-hydrogen) atoms. The largest absolute Gasteiger partial charge is 0.481 e. The van der Waals surface area contributed by atoms with Gasteiger partial charge in [0.2, 0.25) is 13.6 Å². The molecule has 1 aromatic rings. The number of ether oxygens (including phenoxy) is 3. The summed E-state index contributed by atoms with van der Waals surface area (Å²) in [6.07, 6.45) is -2.20. The quantitative estimate of drug-likeness (QED) is 0.170. The standard InChI is InChI=1S/C24H37N2O12P/c1-9-15-17(28)18(37-19(15)26-11-10-16(27)25-22(26)31)14(2)38-39(32,35-12-33-20(29)23(3,4)5)36-13-34-21(30)24(6,7)8/h9-11,14-15,17-19,28H,1,12-13H2,2-8H3,(H,25,27,31). The summed E-state index contributed by atoms with van der Waals surface area (Å²) in [5.74, 6) is -2.14. The van der Waals surface area contributed by atoms with Crippen LogP contribution in [0.15, 0.2) is 34.5 Å². The number of H-pyrrole nitrogens is 1. The fourth-order valence-electron chi connectivity index (χ4n) is 3.33. The number of esters is 2. The Bertz CT molecular complexity index is 1160. The summed E-state index contributed by atoms with van der Waals surface area (Å²) in [6, 6.07) is 1.11. The molecule has 0 radical (unpaired) electrons. The van der Waals surface area contributed by atoms with Gasteiger partial charge >= 0.3 is 25.5 Å². The van der Waals surface area contributed by atoms with Crippen LogP contribution >= 0.6 is 7.82 Å². The summed E-state index contributed by atoms with van der Waals surface area (Å²) in [6.45, 7) is 13.1. The van der Waals surface area contributed by atoms with Crippen molar-refractivity contribution in [2.24, 2.45) is 16.7 Å². The maximum absolute atomic E-state index is 13.4. The zero-order chi connectivity index (χ0) is 29.8. The second kappa shape index (κ2) is 12.7. The summed E-state index contributed by atoms with van der Waals surface area (Å²) in [7, 11) is -4.59. The maximum Gasteiger partial charge on any atom is 0.481 e. The number of rotatable bonds is 11. The van der Waals surface area contributed by atoms with Gasteiger partial charge in [0.25, 0.3) is 5.56 Å². The van der Waals surface area contributed by atoms with E-state index in [0.717, 1.165) is 10.6 Å². The van der Waals surface area contributed by atoms with Gasteiger partial charge in [0, 0.05) is 12.3 Å². The molecular formula is C24H37N2O12P. The molecule has 0 amide bonds. The highest BCUT2D eigenvalue weighted by molar-refractivity contribution is 7.48. The van der Waals surface area contributed by atoms with Crippen LogP contribution in [0.5, 0.6) is 0 Å².